The molecule has 4 heteroatoms. The summed E-state index contributed by atoms with van der Waals surface area (Å²) in [7, 11) is 0. The smallest absolute Gasteiger partial charge is 0.310 e. The Morgan fingerprint density at radius 3 is 2.60 bits per heavy atom. The van der Waals surface area contributed by atoms with Gasteiger partial charge in [0, 0.05) is 13.0 Å². The highest BCUT2D eigenvalue weighted by Crippen LogP contribution is 2.31. The van der Waals surface area contributed by atoms with Crippen molar-refractivity contribution in [1.29, 1.82) is 0 Å². The van der Waals surface area contributed by atoms with Crippen LogP contribution in [0.15, 0.2) is 11.6 Å². The van der Waals surface area contributed by atoms with Crippen molar-refractivity contribution in [2.75, 3.05) is 6.54 Å². The lowest BCUT2D eigenvalue weighted by atomic mass is 9.76. The molecule has 1 unspecified atom stereocenters. The van der Waals surface area contributed by atoms with Gasteiger partial charge in [0.15, 0.2) is 0 Å². The third-order valence-electron chi connectivity index (χ3n) is 4.44. The number of carboxylic acid groups (broad SMARTS) is 1. The molecule has 1 rings (SSSR count). The van der Waals surface area contributed by atoms with Gasteiger partial charge in [0.25, 0.3) is 0 Å². The van der Waals surface area contributed by atoms with Gasteiger partial charge in [0.05, 0.1) is 5.41 Å². The number of allylic oxidation sites excluding steroid dienone is 1. The summed E-state index contributed by atoms with van der Waals surface area (Å²) in [6.45, 7) is 5.93. The van der Waals surface area contributed by atoms with Crippen LogP contribution in [0, 0.1) is 11.3 Å². The second-order valence-electron chi connectivity index (χ2n) is 6.26. The summed E-state index contributed by atoms with van der Waals surface area (Å²) in [6, 6.07) is 0. The van der Waals surface area contributed by atoms with Crippen molar-refractivity contribution in [3.63, 3.8) is 0 Å². The zero-order chi connectivity index (χ0) is 15.2. The molecule has 2 N–H and O–H groups in total. The van der Waals surface area contributed by atoms with Crippen LogP contribution in [-0.2, 0) is 9.59 Å². The van der Waals surface area contributed by atoms with Gasteiger partial charge < -0.3 is 10.4 Å². The van der Waals surface area contributed by atoms with Crippen molar-refractivity contribution in [1.82, 2.24) is 5.32 Å². The number of amides is 1. The third-order valence-corrected chi connectivity index (χ3v) is 4.44. The summed E-state index contributed by atoms with van der Waals surface area (Å²) < 4.78 is 0. The number of carbonyl (C=O) groups is 2. The first-order chi connectivity index (χ1) is 9.36. The molecule has 0 aromatic carbocycles. The SMILES string of the molecule is CC(C)C(C)(CC(=O)NCCC1=CCCCC1)C(=O)O. The highest BCUT2D eigenvalue weighted by Gasteiger charge is 2.38. The first-order valence-electron chi connectivity index (χ1n) is 7.54. The summed E-state index contributed by atoms with van der Waals surface area (Å²) in [5.74, 6) is -1.15. The first kappa shape index (κ1) is 16.7. The molecule has 0 saturated carbocycles. The van der Waals surface area contributed by atoms with E-state index >= 15 is 0 Å². The molecule has 1 atom stereocenters. The Bertz CT molecular complexity index is 387. The van der Waals surface area contributed by atoms with Gasteiger partial charge in [-0.2, -0.15) is 0 Å². The van der Waals surface area contributed by atoms with Crippen LogP contribution in [-0.4, -0.2) is 23.5 Å². The maximum Gasteiger partial charge on any atom is 0.310 e. The second kappa shape index (κ2) is 7.46. The summed E-state index contributed by atoms with van der Waals surface area (Å²) >= 11 is 0. The van der Waals surface area contributed by atoms with Crippen molar-refractivity contribution in [3.8, 4) is 0 Å². The molecule has 1 aliphatic rings. The molecule has 0 bridgehead atoms. The summed E-state index contributed by atoms with van der Waals surface area (Å²) in [5, 5.41) is 12.1. The Labute approximate surface area is 121 Å². The number of aliphatic carboxylic acids is 1. The number of carbonyl (C=O) groups excluding carboxylic acids is 1. The fourth-order valence-electron chi connectivity index (χ4n) is 2.42. The molecule has 4 nitrogen and oxygen atoms in total. The van der Waals surface area contributed by atoms with Gasteiger partial charge in [0.2, 0.25) is 5.91 Å². The van der Waals surface area contributed by atoms with E-state index in [2.05, 4.69) is 11.4 Å². The van der Waals surface area contributed by atoms with Crippen LogP contribution in [0.2, 0.25) is 0 Å². The number of hydrogen-bond donors (Lipinski definition) is 2. The Hall–Kier alpha value is -1.32. The van der Waals surface area contributed by atoms with Crippen LogP contribution in [0.1, 0.15) is 59.3 Å². The molecule has 0 aromatic heterocycles. The zero-order valence-electron chi connectivity index (χ0n) is 12.9. The summed E-state index contributed by atoms with van der Waals surface area (Å²) in [4.78, 5) is 23.2. The fourth-order valence-corrected chi connectivity index (χ4v) is 2.42. The summed E-state index contributed by atoms with van der Waals surface area (Å²) in [5.41, 5.74) is 0.426. The highest BCUT2D eigenvalue weighted by molar-refractivity contribution is 5.84. The van der Waals surface area contributed by atoms with E-state index in [1.54, 1.807) is 6.92 Å². The molecule has 0 heterocycles. The van der Waals surface area contributed by atoms with Gasteiger partial charge >= 0.3 is 5.97 Å². The molecule has 0 spiro atoms. The predicted octanol–water partition coefficient (Wildman–Crippen LogP) is 3.13. The number of hydrogen-bond acceptors (Lipinski definition) is 2. The Morgan fingerprint density at radius 2 is 2.10 bits per heavy atom. The van der Waals surface area contributed by atoms with E-state index < -0.39 is 11.4 Å². The van der Waals surface area contributed by atoms with Crippen LogP contribution in [0.3, 0.4) is 0 Å². The fraction of sp³-hybridized carbons (Fsp3) is 0.750. The number of carboxylic acids is 1. The van der Waals surface area contributed by atoms with Crippen molar-refractivity contribution < 1.29 is 14.7 Å². The molecule has 0 radical (unpaired) electrons. The molecule has 1 amide bonds. The van der Waals surface area contributed by atoms with Gasteiger partial charge in [-0.1, -0.05) is 25.5 Å². The first-order valence-corrected chi connectivity index (χ1v) is 7.54. The van der Waals surface area contributed by atoms with Crippen molar-refractivity contribution >= 4 is 11.9 Å². The van der Waals surface area contributed by atoms with Gasteiger partial charge in [-0.05, 0) is 44.9 Å². The monoisotopic (exact) mass is 281 g/mol. The van der Waals surface area contributed by atoms with E-state index in [0.717, 1.165) is 19.3 Å². The Balaban J connectivity index is 2.39. The maximum absolute atomic E-state index is 11.9. The minimum atomic E-state index is -0.992. The molecule has 0 aromatic rings. The second-order valence-corrected chi connectivity index (χ2v) is 6.26. The Morgan fingerprint density at radius 1 is 1.40 bits per heavy atom. The van der Waals surface area contributed by atoms with E-state index in [-0.39, 0.29) is 18.2 Å². The maximum atomic E-state index is 11.9. The van der Waals surface area contributed by atoms with Crippen molar-refractivity contribution in [3.05, 3.63) is 11.6 Å². The van der Waals surface area contributed by atoms with Crippen LogP contribution >= 0.6 is 0 Å². The van der Waals surface area contributed by atoms with E-state index in [4.69, 9.17) is 0 Å². The van der Waals surface area contributed by atoms with Crippen LogP contribution in [0.4, 0.5) is 0 Å². The lowest BCUT2D eigenvalue weighted by Gasteiger charge is -2.28. The predicted molar refractivity (Wildman–Crippen MR) is 79.4 cm³/mol. The molecule has 0 fully saturated rings. The largest absolute Gasteiger partial charge is 0.481 e. The molecule has 0 aliphatic heterocycles. The van der Waals surface area contributed by atoms with Gasteiger partial charge in [-0.25, -0.2) is 0 Å². The summed E-state index contributed by atoms with van der Waals surface area (Å²) in [6.07, 6.45) is 7.98. The van der Waals surface area contributed by atoms with E-state index in [9.17, 15) is 14.7 Å². The average molecular weight is 281 g/mol. The Kier molecular flexibility index (Phi) is 6.24. The van der Waals surface area contributed by atoms with Crippen LogP contribution in [0.5, 0.6) is 0 Å². The zero-order valence-corrected chi connectivity index (χ0v) is 12.9. The van der Waals surface area contributed by atoms with Crippen molar-refractivity contribution in [2.45, 2.75) is 59.3 Å². The van der Waals surface area contributed by atoms with Crippen molar-refractivity contribution in [2.24, 2.45) is 11.3 Å². The molecule has 0 saturated heterocycles. The van der Waals surface area contributed by atoms with Crippen LogP contribution < -0.4 is 5.32 Å². The quantitative estimate of drug-likeness (QED) is 0.705. The van der Waals surface area contributed by atoms with Crippen LogP contribution in [0.25, 0.3) is 0 Å². The standard InChI is InChI=1S/C16H27NO3/c1-12(2)16(3,15(19)20)11-14(18)17-10-9-13-7-5-4-6-8-13/h7,12H,4-6,8-11H2,1-3H3,(H,17,18)(H,19,20). The van der Waals surface area contributed by atoms with Gasteiger partial charge in [0.1, 0.15) is 0 Å². The minimum Gasteiger partial charge on any atom is -0.481 e. The van der Waals surface area contributed by atoms with E-state index in [1.165, 1.54) is 18.4 Å². The topological polar surface area (TPSA) is 66.4 Å². The highest BCUT2D eigenvalue weighted by atomic mass is 16.4. The molecule has 114 valence electrons. The van der Waals surface area contributed by atoms with E-state index in [1.807, 2.05) is 13.8 Å². The minimum absolute atomic E-state index is 0.0407. The van der Waals surface area contributed by atoms with Gasteiger partial charge in [-0.3, -0.25) is 9.59 Å². The third kappa shape index (κ3) is 4.66. The molecular weight excluding hydrogens is 254 g/mol. The lowest BCUT2D eigenvalue weighted by Crippen LogP contribution is -2.39. The van der Waals surface area contributed by atoms with Gasteiger partial charge in [-0.15, -0.1) is 0 Å². The number of nitrogens with one attached hydrogen (secondary N) is 1. The molecular formula is C16H27NO3. The molecule has 20 heavy (non-hydrogen) atoms. The lowest BCUT2D eigenvalue weighted by molar-refractivity contribution is -0.153. The normalized spacial score (nSPS) is 18.3. The van der Waals surface area contributed by atoms with E-state index in [0.29, 0.717) is 6.54 Å². The average Bonchev–Trinajstić information content (AvgIpc) is 2.39. The molecule has 1 aliphatic carbocycles. The number of rotatable bonds is 7.